The highest BCUT2D eigenvalue weighted by Gasteiger charge is 2.26. The Hall–Kier alpha value is -3.61. The molecule has 8 nitrogen and oxygen atoms in total. The number of hydrogen-bond acceptors (Lipinski definition) is 6. The molecule has 0 aliphatic carbocycles. The van der Waals surface area contributed by atoms with E-state index < -0.39 is 13.2 Å². The molecule has 0 atom stereocenters. The van der Waals surface area contributed by atoms with Crippen LogP contribution in [0.25, 0.3) is 10.8 Å². The molecule has 4 rings (SSSR count). The molecule has 0 saturated heterocycles. The molecule has 1 heterocycles. The van der Waals surface area contributed by atoms with E-state index in [0.717, 1.165) is 16.3 Å². The van der Waals surface area contributed by atoms with Crippen LogP contribution in [-0.2, 0) is 9.98 Å². The predicted molar refractivity (Wildman–Crippen MR) is 154 cm³/mol. The number of benzene rings is 3. The van der Waals surface area contributed by atoms with Crippen LogP contribution in [0.1, 0.15) is 26.3 Å². The summed E-state index contributed by atoms with van der Waals surface area (Å²) in [6.45, 7) is 9.55. The first kappa shape index (κ1) is 27.4. The lowest BCUT2D eigenvalue weighted by atomic mass is 9.86. The lowest BCUT2D eigenvalue weighted by molar-refractivity contribution is 0.262. The number of ether oxygens (including phenoxy) is 2. The maximum Gasteiger partial charge on any atom is 0.323 e. The van der Waals surface area contributed by atoms with Gasteiger partial charge in [-0.25, -0.2) is 9.78 Å². The van der Waals surface area contributed by atoms with Gasteiger partial charge >= 0.3 is 6.03 Å². The Labute approximate surface area is 227 Å². The van der Waals surface area contributed by atoms with Crippen LogP contribution >= 0.6 is 18.7 Å². The summed E-state index contributed by atoms with van der Waals surface area (Å²) in [6, 6.07) is 15.9. The fourth-order valence-electron chi connectivity index (χ4n) is 3.99. The number of urea groups is 1. The van der Waals surface area contributed by atoms with E-state index in [9.17, 15) is 9.36 Å². The van der Waals surface area contributed by atoms with Gasteiger partial charge in [-0.15, -0.1) is 0 Å². The van der Waals surface area contributed by atoms with Gasteiger partial charge in [0, 0.05) is 23.0 Å². The lowest BCUT2D eigenvalue weighted by Gasteiger charge is -2.25. The molecular weight excluding hydrogens is 523 g/mol. The van der Waals surface area contributed by atoms with Crippen LogP contribution < -0.4 is 25.4 Å². The minimum Gasteiger partial charge on any atom is -0.494 e. The van der Waals surface area contributed by atoms with E-state index in [2.05, 4.69) is 41.4 Å². The van der Waals surface area contributed by atoms with Gasteiger partial charge in [-0.05, 0) is 60.2 Å². The Morgan fingerprint density at radius 3 is 2.29 bits per heavy atom. The Bertz CT molecular complexity index is 1560. The first-order valence-corrected chi connectivity index (χ1v) is 14.9. The SMILES string of the molecule is COc1c(NC(=O)Nc2ccc(Oc3ccnc(Cl)n3)c3ccccc23)cc(C(C)(C)C)cc1P(C)(C)=O. The first-order valence-electron chi connectivity index (χ1n) is 11.9. The van der Waals surface area contributed by atoms with Gasteiger partial charge in [-0.2, -0.15) is 4.98 Å². The molecule has 10 heteroatoms. The van der Waals surface area contributed by atoms with Crippen molar-refractivity contribution < 1.29 is 18.8 Å². The van der Waals surface area contributed by atoms with Crippen LogP contribution in [0.3, 0.4) is 0 Å². The summed E-state index contributed by atoms with van der Waals surface area (Å²) < 4.78 is 24.7. The summed E-state index contributed by atoms with van der Waals surface area (Å²) in [5, 5.41) is 8.03. The molecule has 2 N–H and O–H groups in total. The van der Waals surface area contributed by atoms with Crippen molar-refractivity contribution in [2.45, 2.75) is 26.2 Å². The van der Waals surface area contributed by atoms with Crippen LogP contribution in [0, 0.1) is 0 Å². The molecule has 0 saturated carbocycles. The number of aromatic nitrogens is 2. The highest BCUT2D eigenvalue weighted by atomic mass is 35.5. The van der Waals surface area contributed by atoms with Crippen LogP contribution in [0.5, 0.6) is 17.4 Å². The zero-order valence-corrected chi connectivity index (χ0v) is 23.8. The quantitative estimate of drug-likeness (QED) is 0.192. The molecule has 0 aliphatic rings. The second kappa shape index (κ2) is 10.6. The molecule has 4 aromatic rings. The summed E-state index contributed by atoms with van der Waals surface area (Å²) in [5.74, 6) is 1.24. The molecule has 38 heavy (non-hydrogen) atoms. The summed E-state index contributed by atoms with van der Waals surface area (Å²) in [5.41, 5.74) is 1.72. The van der Waals surface area contributed by atoms with Crippen molar-refractivity contribution in [2.75, 3.05) is 31.1 Å². The normalized spacial score (nSPS) is 11.8. The fraction of sp³-hybridized carbons (Fsp3) is 0.250. The summed E-state index contributed by atoms with van der Waals surface area (Å²) in [4.78, 5) is 21.2. The van der Waals surface area contributed by atoms with Crippen LogP contribution in [0.4, 0.5) is 16.2 Å². The standard InChI is InChI=1S/C28H30ClN4O4P/c1-28(2,3)17-15-21(25(36-4)23(16-17)38(5,6)35)32-27(34)31-20-11-12-22(19-10-8-7-9-18(19)20)37-24-13-14-30-26(29)33-24/h7-16H,1-6H3,(H2,31,32,34). The van der Waals surface area contributed by atoms with E-state index in [1.165, 1.54) is 13.3 Å². The average Bonchev–Trinajstić information content (AvgIpc) is 2.84. The molecular formula is C28H30ClN4O4P. The van der Waals surface area contributed by atoms with Crippen molar-refractivity contribution >= 4 is 52.2 Å². The number of nitrogens with zero attached hydrogens (tertiary/aromatic N) is 2. The number of amides is 2. The van der Waals surface area contributed by atoms with Crippen LogP contribution in [0.2, 0.25) is 5.28 Å². The van der Waals surface area contributed by atoms with Crippen molar-refractivity contribution in [3.63, 3.8) is 0 Å². The second-order valence-corrected chi connectivity index (χ2v) is 13.7. The molecule has 198 valence electrons. The van der Waals surface area contributed by atoms with E-state index in [1.54, 1.807) is 31.5 Å². The maximum absolute atomic E-state index is 13.2. The molecule has 0 unspecified atom stereocenters. The van der Waals surface area contributed by atoms with Crippen molar-refractivity contribution in [3.8, 4) is 17.4 Å². The molecule has 3 aromatic carbocycles. The zero-order chi connectivity index (χ0) is 27.7. The summed E-state index contributed by atoms with van der Waals surface area (Å²) >= 11 is 5.89. The molecule has 0 spiro atoms. The largest absolute Gasteiger partial charge is 0.494 e. The van der Waals surface area contributed by atoms with Gasteiger partial charge in [-0.1, -0.05) is 45.0 Å². The number of methoxy groups -OCH3 is 1. The van der Waals surface area contributed by atoms with Crippen molar-refractivity contribution in [2.24, 2.45) is 0 Å². The zero-order valence-electron chi connectivity index (χ0n) is 22.1. The monoisotopic (exact) mass is 552 g/mol. The minimum absolute atomic E-state index is 0.0818. The number of hydrogen-bond donors (Lipinski definition) is 2. The van der Waals surface area contributed by atoms with Gasteiger partial charge in [0.05, 0.1) is 23.8 Å². The maximum atomic E-state index is 13.2. The number of carbonyl (C=O) groups is 1. The van der Waals surface area contributed by atoms with E-state index in [0.29, 0.717) is 34.1 Å². The molecule has 2 amide bonds. The highest BCUT2D eigenvalue weighted by molar-refractivity contribution is 7.70. The van der Waals surface area contributed by atoms with Gasteiger partial charge < -0.3 is 24.7 Å². The number of fused-ring (bicyclic) bond motifs is 1. The van der Waals surface area contributed by atoms with E-state index >= 15 is 0 Å². The molecule has 1 aromatic heterocycles. The Balaban J connectivity index is 1.67. The third-order valence-electron chi connectivity index (χ3n) is 5.92. The van der Waals surface area contributed by atoms with Gasteiger partial charge in [-0.3, -0.25) is 0 Å². The molecule has 0 bridgehead atoms. The number of carbonyl (C=O) groups excluding carboxylic acids is 1. The van der Waals surface area contributed by atoms with Crippen LogP contribution in [0.15, 0.2) is 60.8 Å². The highest BCUT2D eigenvalue weighted by Crippen LogP contribution is 2.43. The number of halogens is 1. The third-order valence-corrected chi connectivity index (χ3v) is 7.59. The number of nitrogens with one attached hydrogen (secondary N) is 2. The Morgan fingerprint density at radius 2 is 1.66 bits per heavy atom. The predicted octanol–water partition coefficient (Wildman–Crippen LogP) is 7.27. The Kier molecular flexibility index (Phi) is 7.68. The van der Waals surface area contributed by atoms with Crippen molar-refractivity contribution in [3.05, 3.63) is 71.6 Å². The molecule has 0 radical (unpaired) electrons. The van der Waals surface area contributed by atoms with Crippen molar-refractivity contribution in [1.29, 1.82) is 0 Å². The molecule has 0 fully saturated rings. The number of rotatable bonds is 6. The minimum atomic E-state index is -2.70. The Morgan fingerprint density at radius 1 is 0.974 bits per heavy atom. The van der Waals surface area contributed by atoms with Gasteiger partial charge in [0.15, 0.2) is 5.75 Å². The topological polar surface area (TPSA) is 102 Å². The number of anilines is 2. The van der Waals surface area contributed by atoms with Crippen molar-refractivity contribution in [1.82, 2.24) is 9.97 Å². The van der Waals surface area contributed by atoms with E-state index in [4.69, 9.17) is 21.1 Å². The fourth-order valence-corrected chi connectivity index (χ4v) is 5.28. The van der Waals surface area contributed by atoms with Gasteiger partial charge in [0.1, 0.15) is 12.9 Å². The van der Waals surface area contributed by atoms with E-state index in [-0.39, 0.29) is 10.7 Å². The smallest absolute Gasteiger partial charge is 0.323 e. The molecule has 0 aliphatic heterocycles. The van der Waals surface area contributed by atoms with Crippen LogP contribution in [-0.4, -0.2) is 36.4 Å². The lowest BCUT2D eigenvalue weighted by Crippen LogP contribution is -2.23. The average molecular weight is 553 g/mol. The summed E-state index contributed by atoms with van der Waals surface area (Å²) in [7, 11) is -1.20. The van der Waals surface area contributed by atoms with Gasteiger partial charge in [0.2, 0.25) is 11.2 Å². The van der Waals surface area contributed by atoms with E-state index in [1.807, 2.05) is 36.4 Å². The first-order chi connectivity index (χ1) is 17.9. The third kappa shape index (κ3) is 6.09. The second-order valence-electron chi connectivity index (χ2n) is 10.2. The van der Waals surface area contributed by atoms with Gasteiger partial charge in [0.25, 0.3) is 0 Å². The summed E-state index contributed by atoms with van der Waals surface area (Å²) in [6.07, 6.45) is 1.51.